The molecule has 0 aliphatic carbocycles. The number of carbonyl (C=O) groups is 1. The molecule has 1 aromatic heterocycles. The van der Waals surface area contributed by atoms with E-state index >= 15 is 0 Å². The number of carboxylic acid groups (broad SMARTS) is 1. The molecule has 1 aromatic rings. The van der Waals surface area contributed by atoms with Gasteiger partial charge in [0.15, 0.2) is 0 Å². The van der Waals surface area contributed by atoms with Crippen LogP contribution in [0.1, 0.15) is 21.9 Å². The van der Waals surface area contributed by atoms with Gasteiger partial charge in [-0.2, -0.15) is 0 Å². The average Bonchev–Trinajstić information content (AvgIpc) is 2.68. The van der Waals surface area contributed by atoms with Gasteiger partial charge in [-0.15, -0.1) is 11.3 Å². The molecular weight excluding hydrogens is 209 g/mol. The molecule has 0 unspecified atom stereocenters. The minimum Gasteiger partial charge on any atom is -0.543 e. The maximum atomic E-state index is 10.5. The van der Waals surface area contributed by atoms with E-state index in [1.807, 2.05) is 6.08 Å². The molecule has 0 amide bonds. The van der Waals surface area contributed by atoms with Crippen LogP contribution < -0.4 is 24.0 Å². The van der Waals surface area contributed by atoms with Gasteiger partial charge in [0.1, 0.15) is 5.01 Å². The van der Waals surface area contributed by atoms with Crippen LogP contribution in [0.3, 0.4) is 0 Å². The molecule has 4 nitrogen and oxygen atoms in total. The summed E-state index contributed by atoms with van der Waals surface area (Å²) in [6, 6.07) is 0. The van der Waals surface area contributed by atoms with Crippen molar-refractivity contribution in [2.45, 2.75) is 6.42 Å². The molecule has 0 saturated heterocycles. The predicted octanol–water partition coefficient (Wildman–Crippen LogP) is -2.69. The Morgan fingerprint density at radius 1 is 1.60 bits per heavy atom. The first-order valence-electron chi connectivity index (χ1n) is 4.21. The van der Waals surface area contributed by atoms with Crippen molar-refractivity contribution in [2.75, 3.05) is 13.2 Å². The maximum absolute atomic E-state index is 10.5. The largest absolute Gasteiger partial charge is 1.00 e. The molecule has 0 fully saturated rings. The smallest absolute Gasteiger partial charge is 0.543 e. The Kier molecular flexibility index (Phi) is 4.55. The SMILES string of the molecule is O=C([O-])c1csc(C2=CCOCC2)n1.[Li+]. The van der Waals surface area contributed by atoms with Crippen molar-refractivity contribution >= 4 is 22.9 Å². The zero-order chi connectivity index (χ0) is 9.97. The number of thiazole rings is 1. The van der Waals surface area contributed by atoms with Crippen LogP contribution in [0.4, 0.5) is 0 Å². The van der Waals surface area contributed by atoms with Gasteiger partial charge in [0.25, 0.3) is 0 Å². The van der Waals surface area contributed by atoms with Crippen molar-refractivity contribution in [2.24, 2.45) is 0 Å². The van der Waals surface area contributed by atoms with Crippen molar-refractivity contribution in [3.8, 4) is 0 Å². The minimum absolute atomic E-state index is 0. The van der Waals surface area contributed by atoms with Crippen LogP contribution in [0, 0.1) is 0 Å². The Morgan fingerprint density at radius 2 is 2.40 bits per heavy atom. The van der Waals surface area contributed by atoms with E-state index in [4.69, 9.17) is 4.74 Å². The van der Waals surface area contributed by atoms with Crippen LogP contribution in [0.15, 0.2) is 11.5 Å². The van der Waals surface area contributed by atoms with Crippen molar-refractivity contribution in [3.05, 3.63) is 22.2 Å². The van der Waals surface area contributed by atoms with Gasteiger partial charge >= 0.3 is 18.9 Å². The molecule has 0 N–H and O–H groups in total. The van der Waals surface area contributed by atoms with E-state index in [2.05, 4.69) is 4.98 Å². The van der Waals surface area contributed by atoms with Crippen molar-refractivity contribution in [3.63, 3.8) is 0 Å². The Bertz CT molecular complexity index is 388. The van der Waals surface area contributed by atoms with Gasteiger partial charge in [-0.1, -0.05) is 6.08 Å². The maximum Gasteiger partial charge on any atom is 1.00 e. The van der Waals surface area contributed by atoms with E-state index in [-0.39, 0.29) is 24.6 Å². The molecule has 74 valence electrons. The molecule has 0 atom stereocenters. The molecule has 0 aromatic carbocycles. The second-order valence-electron chi connectivity index (χ2n) is 2.88. The summed E-state index contributed by atoms with van der Waals surface area (Å²) in [5.74, 6) is -1.22. The average molecular weight is 217 g/mol. The van der Waals surface area contributed by atoms with Crippen molar-refractivity contribution in [1.82, 2.24) is 4.98 Å². The molecule has 0 spiro atoms. The van der Waals surface area contributed by atoms with Gasteiger partial charge in [0.2, 0.25) is 0 Å². The number of carbonyl (C=O) groups excluding carboxylic acids is 1. The van der Waals surface area contributed by atoms with E-state index in [1.54, 1.807) is 0 Å². The molecule has 1 aliphatic heterocycles. The van der Waals surface area contributed by atoms with Gasteiger partial charge in [0.05, 0.1) is 24.9 Å². The number of ether oxygens (including phenoxy) is 1. The number of hydrogen-bond donors (Lipinski definition) is 0. The van der Waals surface area contributed by atoms with E-state index in [0.717, 1.165) is 17.0 Å². The topological polar surface area (TPSA) is 62.2 Å². The van der Waals surface area contributed by atoms with Crippen LogP contribution >= 0.6 is 11.3 Å². The molecule has 0 radical (unpaired) electrons. The third-order valence-electron chi connectivity index (χ3n) is 1.95. The number of aromatic carboxylic acids is 1. The molecule has 0 saturated carbocycles. The monoisotopic (exact) mass is 217 g/mol. The Labute approximate surface area is 103 Å². The fraction of sp³-hybridized carbons (Fsp3) is 0.333. The van der Waals surface area contributed by atoms with Gasteiger partial charge < -0.3 is 14.6 Å². The number of aromatic nitrogens is 1. The summed E-state index contributed by atoms with van der Waals surface area (Å²) in [5, 5.41) is 12.7. The zero-order valence-electron chi connectivity index (χ0n) is 8.36. The van der Waals surface area contributed by atoms with Crippen LogP contribution in [0.25, 0.3) is 5.57 Å². The zero-order valence-corrected chi connectivity index (χ0v) is 9.17. The van der Waals surface area contributed by atoms with Crippen LogP contribution in [0.2, 0.25) is 0 Å². The second kappa shape index (κ2) is 5.47. The van der Waals surface area contributed by atoms with Crippen molar-refractivity contribution in [1.29, 1.82) is 0 Å². The van der Waals surface area contributed by atoms with Gasteiger partial charge in [0, 0.05) is 5.38 Å². The normalized spacial score (nSPS) is 15.3. The summed E-state index contributed by atoms with van der Waals surface area (Å²) in [5.41, 5.74) is 1.08. The Hall–Kier alpha value is -0.603. The first kappa shape index (κ1) is 12.5. The number of nitrogens with zero attached hydrogens (tertiary/aromatic N) is 1. The second-order valence-corrected chi connectivity index (χ2v) is 3.74. The van der Waals surface area contributed by atoms with E-state index in [9.17, 15) is 9.90 Å². The summed E-state index contributed by atoms with van der Waals surface area (Å²) in [4.78, 5) is 14.5. The van der Waals surface area contributed by atoms with Crippen LogP contribution in [-0.4, -0.2) is 24.2 Å². The summed E-state index contributed by atoms with van der Waals surface area (Å²) >= 11 is 1.33. The molecule has 15 heavy (non-hydrogen) atoms. The minimum atomic E-state index is -1.22. The van der Waals surface area contributed by atoms with Crippen LogP contribution in [0.5, 0.6) is 0 Å². The molecule has 6 heteroatoms. The molecule has 1 aliphatic rings. The standard InChI is InChI=1S/C9H9NO3S.Li/c11-9(12)7-5-14-8(10-7)6-1-3-13-4-2-6;/h1,5H,2-4H2,(H,11,12);/q;+1/p-1. The number of carboxylic acids is 1. The fourth-order valence-electron chi connectivity index (χ4n) is 1.24. The fourth-order valence-corrected chi connectivity index (χ4v) is 2.10. The summed E-state index contributed by atoms with van der Waals surface area (Å²) in [7, 11) is 0. The quantitative estimate of drug-likeness (QED) is 0.506. The van der Waals surface area contributed by atoms with E-state index in [0.29, 0.717) is 13.2 Å². The predicted molar refractivity (Wildman–Crippen MR) is 49.9 cm³/mol. The van der Waals surface area contributed by atoms with Crippen LogP contribution in [-0.2, 0) is 4.74 Å². The van der Waals surface area contributed by atoms with Crippen molar-refractivity contribution < 1.29 is 33.5 Å². The third kappa shape index (κ3) is 2.92. The third-order valence-corrected chi connectivity index (χ3v) is 2.87. The molecular formula is C9H8LiNO3S. The first-order valence-corrected chi connectivity index (χ1v) is 5.09. The molecule has 2 rings (SSSR count). The molecule has 0 bridgehead atoms. The van der Waals surface area contributed by atoms with Gasteiger partial charge in [-0.3, -0.25) is 0 Å². The summed E-state index contributed by atoms with van der Waals surface area (Å²) < 4.78 is 5.15. The number of hydrogen-bond acceptors (Lipinski definition) is 5. The van der Waals surface area contributed by atoms with Gasteiger partial charge in [-0.25, -0.2) is 4.98 Å². The van der Waals surface area contributed by atoms with E-state index in [1.165, 1.54) is 16.7 Å². The summed E-state index contributed by atoms with van der Waals surface area (Å²) in [6.07, 6.45) is 2.72. The van der Waals surface area contributed by atoms with Gasteiger partial charge in [-0.05, 0) is 12.0 Å². The first-order chi connectivity index (χ1) is 6.77. The summed E-state index contributed by atoms with van der Waals surface area (Å²) in [6.45, 7) is 1.25. The Morgan fingerprint density at radius 3 is 2.93 bits per heavy atom. The van der Waals surface area contributed by atoms with E-state index < -0.39 is 5.97 Å². The number of rotatable bonds is 2. The molecule has 2 heterocycles. The Balaban J connectivity index is 0.00000112.